The molecule has 0 saturated carbocycles. The van der Waals surface area contributed by atoms with Gasteiger partial charge in [0.1, 0.15) is 7.05 Å². The molecule has 3 rings (SSSR count). The van der Waals surface area contributed by atoms with Crippen molar-refractivity contribution in [3.63, 3.8) is 0 Å². The number of fused-ring (bicyclic) bond motifs is 1. The molecule has 0 unspecified atom stereocenters. The molecule has 2 heterocycles. The smallest absolute Gasteiger partial charge is 0.212 e. The third-order valence-corrected chi connectivity index (χ3v) is 5.06. The number of benzene rings is 1. The van der Waals surface area contributed by atoms with Crippen LogP contribution in [0.1, 0.15) is 25.0 Å². The number of likely N-dealkylation sites (tertiary alicyclic amines) is 1. The van der Waals surface area contributed by atoms with Crippen LogP contribution in [0.4, 0.5) is 0 Å². The van der Waals surface area contributed by atoms with E-state index >= 15 is 0 Å². The van der Waals surface area contributed by atoms with Crippen molar-refractivity contribution < 1.29 is 28.5 Å². The van der Waals surface area contributed by atoms with E-state index in [1.54, 1.807) is 0 Å². The lowest BCUT2D eigenvalue weighted by Gasteiger charge is -2.29. The van der Waals surface area contributed by atoms with E-state index in [-0.39, 0.29) is 24.0 Å². The van der Waals surface area contributed by atoms with Gasteiger partial charge in [0.15, 0.2) is 0 Å². The van der Waals surface area contributed by atoms with Crippen molar-refractivity contribution in [2.75, 3.05) is 19.3 Å². The van der Waals surface area contributed by atoms with Crippen LogP contribution in [0.25, 0.3) is 17.0 Å². The fourth-order valence-electron chi connectivity index (χ4n) is 3.03. The Balaban J connectivity index is 0.00000176. The molecule has 1 aromatic carbocycles. The van der Waals surface area contributed by atoms with Gasteiger partial charge in [0, 0.05) is 36.7 Å². The number of halogens is 1. The second kappa shape index (κ2) is 8.20. The van der Waals surface area contributed by atoms with Crippen LogP contribution >= 0.6 is 11.8 Å². The highest BCUT2D eigenvalue weighted by Gasteiger charge is 2.15. The largest absolute Gasteiger partial charge is 1.00 e. The fraction of sp³-hybridized carbons (Fsp3) is 0.389. The predicted molar refractivity (Wildman–Crippen MR) is 92.0 cm³/mol. The van der Waals surface area contributed by atoms with Crippen LogP contribution < -0.4 is 28.5 Å². The highest BCUT2D eigenvalue weighted by atomic mass is 127. The lowest BCUT2D eigenvalue weighted by Crippen LogP contribution is -3.00. The van der Waals surface area contributed by atoms with Crippen LogP contribution in [0.5, 0.6) is 0 Å². The van der Waals surface area contributed by atoms with Crippen molar-refractivity contribution in [3.05, 3.63) is 47.1 Å². The first-order valence-corrected chi connectivity index (χ1v) is 8.90. The maximum atomic E-state index is 2.53. The zero-order chi connectivity index (χ0) is 14.7. The maximum Gasteiger partial charge on any atom is 0.212 e. The van der Waals surface area contributed by atoms with E-state index in [1.807, 2.05) is 11.8 Å². The van der Waals surface area contributed by atoms with Gasteiger partial charge in [-0.25, -0.2) is 0 Å². The molecule has 1 saturated heterocycles. The Morgan fingerprint density at radius 1 is 1.09 bits per heavy atom. The summed E-state index contributed by atoms with van der Waals surface area (Å²) >= 11 is 1.86. The number of hydrogen-bond donors (Lipinski definition) is 0. The lowest BCUT2D eigenvalue weighted by molar-refractivity contribution is -0.646. The number of aryl methyl sites for hydroxylation is 1. The Bertz CT molecular complexity index is 663. The number of hydrogen-bond acceptors (Lipinski definition) is 2. The first-order chi connectivity index (χ1) is 10.3. The molecule has 1 aliphatic rings. The van der Waals surface area contributed by atoms with Gasteiger partial charge in [0.05, 0.1) is 5.03 Å². The van der Waals surface area contributed by atoms with E-state index in [4.69, 9.17) is 0 Å². The van der Waals surface area contributed by atoms with Gasteiger partial charge in [-0.2, -0.15) is 4.57 Å². The van der Waals surface area contributed by atoms with Gasteiger partial charge in [-0.1, -0.05) is 12.1 Å². The van der Waals surface area contributed by atoms with Gasteiger partial charge >= 0.3 is 0 Å². The topological polar surface area (TPSA) is 7.12 Å². The van der Waals surface area contributed by atoms with Gasteiger partial charge in [-0.15, -0.1) is 11.8 Å². The molecule has 1 fully saturated rings. The summed E-state index contributed by atoms with van der Waals surface area (Å²) < 4.78 is 2.29. The molecular weight excluding hydrogens is 403 g/mol. The highest BCUT2D eigenvalue weighted by molar-refractivity contribution is 8.02. The second-order valence-corrected chi connectivity index (χ2v) is 6.44. The molecule has 4 heteroatoms. The summed E-state index contributed by atoms with van der Waals surface area (Å²) in [5, 5.41) is 2.68. The summed E-state index contributed by atoms with van der Waals surface area (Å²) in [7, 11) is 2.16. The Morgan fingerprint density at radius 2 is 1.82 bits per heavy atom. The lowest BCUT2D eigenvalue weighted by atomic mass is 10.1. The molecule has 2 aromatic rings. The van der Waals surface area contributed by atoms with Gasteiger partial charge in [0.2, 0.25) is 11.2 Å². The molecule has 0 aliphatic carbocycles. The predicted octanol–water partition coefficient (Wildman–Crippen LogP) is 0.816. The molecule has 2 nitrogen and oxygen atoms in total. The summed E-state index contributed by atoms with van der Waals surface area (Å²) in [5.41, 5.74) is 2.55. The molecule has 118 valence electrons. The van der Waals surface area contributed by atoms with Crippen molar-refractivity contribution in [2.45, 2.75) is 19.3 Å². The van der Waals surface area contributed by atoms with Crippen LogP contribution in [0, 0.1) is 0 Å². The standard InChI is InChI=1S/C18H23N2S.HI/c1-19-16(11-10-15-8-4-5-9-17(15)19)14-18(21-2)20-12-6-3-7-13-20;/h4-5,8-11,14H,3,6-7,12-13H2,1-2H3;1H/q+1;/p-1. The van der Waals surface area contributed by atoms with Crippen LogP contribution in [0.3, 0.4) is 0 Å². The summed E-state index contributed by atoms with van der Waals surface area (Å²) in [5.74, 6) is 0. The molecule has 0 amide bonds. The van der Waals surface area contributed by atoms with Crippen LogP contribution in [0.2, 0.25) is 0 Å². The minimum atomic E-state index is 0. The summed E-state index contributed by atoms with van der Waals surface area (Å²) in [6, 6.07) is 13.0. The zero-order valence-electron chi connectivity index (χ0n) is 13.3. The van der Waals surface area contributed by atoms with Crippen molar-refractivity contribution in [1.82, 2.24) is 4.90 Å². The molecule has 0 N–H and O–H groups in total. The SMILES string of the molecule is CS/C(=C\c1ccc2ccccc2[n+]1C)N1CCCCC1.[I-]. The maximum absolute atomic E-state index is 2.53. The van der Waals surface area contributed by atoms with E-state index < -0.39 is 0 Å². The quantitative estimate of drug-likeness (QED) is 0.530. The number of aromatic nitrogens is 1. The molecule has 1 aromatic heterocycles. The summed E-state index contributed by atoms with van der Waals surface area (Å²) in [6.07, 6.45) is 8.54. The molecular formula is C18H23IN2S. The molecule has 1 aliphatic heterocycles. The van der Waals surface area contributed by atoms with Crippen LogP contribution in [-0.4, -0.2) is 24.2 Å². The van der Waals surface area contributed by atoms with Crippen LogP contribution in [-0.2, 0) is 7.05 Å². The van der Waals surface area contributed by atoms with Crippen molar-refractivity contribution in [1.29, 1.82) is 0 Å². The van der Waals surface area contributed by atoms with Crippen LogP contribution in [0.15, 0.2) is 41.4 Å². The van der Waals surface area contributed by atoms with Gasteiger partial charge < -0.3 is 28.9 Å². The summed E-state index contributed by atoms with van der Waals surface area (Å²) in [4.78, 5) is 2.53. The first kappa shape index (κ1) is 17.6. The minimum absolute atomic E-state index is 0. The van der Waals surface area contributed by atoms with Crippen molar-refractivity contribution in [2.24, 2.45) is 7.05 Å². The van der Waals surface area contributed by atoms with E-state index in [1.165, 1.54) is 54.0 Å². The van der Waals surface area contributed by atoms with E-state index in [2.05, 4.69) is 65.2 Å². The normalized spacial score (nSPS) is 15.7. The van der Waals surface area contributed by atoms with E-state index in [0.29, 0.717) is 0 Å². The Morgan fingerprint density at radius 3 is 2.55 bits per heavy atom. The second-order valence-electron chi connectivity index (χ2n) is 5.61. The number of piperidine rings is 1. The van der Waals surface area contributed by atoms with Gasteiger partial charge in [0.25, 0.3) is 0 Å². The summed E-state index contributed by atoms with van der Waals surface area (Å²) in [6.45, 7) is 2.40. The molecule has 0 radical (unpaired) electrons. The molecule has 0 spiro atoms. The number of rotatable bonds is 3. The fourth-order valence-corrected chi connectivity index (χ4v) is 3.70. The van der Waals surface area contributed by atoms with Gasteiger partial charge in [-0.3, -0.25) is 0 Å². The third-order valence-electron chi connectivity index (χ3n) is 4.27. The molecule has 0 bridgehead atoms. The number of para-hydroxylation sites is 1. The Hall–Kier alpha value is -0.750. The average molecular weight is 426 g/mol. The zero-order valence-corrected chi connectivity index (χ0v) is 16.2. The average Bonchev–Trinajstić information content (AvgIpc) is 2.55. The molecule has 22 heavy (non-hydrogen) atoms. The highest BCUT2D eigenvalue weighted by Crippen LogP contribution is 2.24. The number of nitrogens with zero attached hydrogens (tertiary/aromatic N) is 2. The van der Waals surface area contributed by atoms with Crippen molar-refractivity contribution in [3.8, 4) is 0 Å². The Kier molecular flexibility index (Phi) is 6.56. The third kappa shape index (κ3) is 3.77. The Labute approximate surface area is 154 Å². The van der Waals surface area contributed by atoms with E-state index in [0.717, 1.165) is 0 Å². The minimum Gasteiger partial charge on any atom is -1.00 e. The first-order valence-electron chi connectivity index (χ1n) is 7.68. The van der Waals surface area contributed by atoms with E-state index in [9.17, 15) is 0 Å². The van der Waals surface area contributed by atoms with Gasteiger partial charge in [-0.05, 0) is 37.7 Å². The number of pyridine rings is 1. The monoisotopic (exact) mass is 426 g/mol. The molecule has 0 atom stereocenters. The number of thioether (sulfide) groups is 1. The van der Waals surface area contributed by atoms with Crippen molar-refractivity contribution >= 4 is 28.7 Å².